The number of hydrogen-bond acceptors (Lipinski definition) is 5. The van der Waals surface area contributed by atoms with Crippen LogP contribution in [0, 0.1) is 5.92 Å². The van der Waals surface area contributed by atoms with Crippen LogP contribution in [0.3, 0.4) is 0 Å². The number of para-hydroxylation sites is 1. The fraction of sp³-hybridized carbons (Fsp3) is 0.167. The number of carbonyl (C=O) groups is 2. The van der Waals surface area contributed by atoms with Gasteiger partial charge < -0.3 is 10.2 Å². The number of nitrogens with zero attached hydrogens (tertiary/aromatic N) is 1. The van der Waals surface area contributed by atoms with E-state index in [0.717, 1.165) is 10.2 Å². The van der Waals surface area contributed by atoms with E-state index in [1.165, 1.54) is 11.3 Å². The normalized spacial score (nSPS) is 12.2. The van der Waals surface area contributed by atoms with Gasteiger partial charge in [-0.3, -0.25) is 9.59 Å². The number of aromatic nitrogens is 1. The summed E-state index contributed by atoms with van der Waals surface area (Å²) in [7, 11) is 0. The maximum absolute atomic E-state index is 11.1. The molecule has 0 aliphatic heterocycles. The van der Waals surface area contributed by atoms with Crippen LogP contribution >= 0.6 is 23.6 Å². The van der Waals surface area contributed by atoms with Gasteiger partial charge in [-0.2, -0.15) is 0 Å². The third-order valence-corrected chi connectivity index (χ3v) is 4.17. The Morgan fingerprint density at radius 1 is 1.32 bits per heavy atom. The molecule has 2 N–H and O–H groups in total. The summed E-state index contributed by atoms with van der Waals surface area (Å²) < 4.78 is 0.888. The second-order valence-corrected chi connectivity index (χ2v) is 5.31. The fourth-order valence-electron chi connectivity index (χ4n) is 1.59. The number of thiazole rings is 1. The molecule has 1 heterocycles. The Morgan fingerprint density at radius 2 is 2.00 bits per heavy atom. The Morgan fingerprint density at radius 3 is 2.58 bits per heavy atom. The van der Waals surface area contributed by atoms with Crippen LogP contribution in [0.5, 0.6) is 0 Å². The van der Waals surface area contributed by atoms with E-state index in [1.807, 2.05) is 18.2 Å². The molecule has 7 heteroatoms. The monoisotopic (exact) mass is 295 g/mol. The van der Waals surface area contributed by atoms with Crippen LogP contribution < -0.4 is 0 Å². The molecule has 0 amide bonds. The summed E-state index contributed by atoms with van der Waals surface area (Å²) in [5, 5.41) is 18.2. The van der Waals surface area contributed by atoms with Crippen molar-refractivity contribution in [2.75, 3.05) is 0 Å². The highest BCUT2D eigenvalue weighted by Gasteiger charge is 2.28. The third-order valence-electron chi connectivity index (χ3n) is 2.50. The van der Waals surface area contributed by atoms with E-state index in [2.05, 4.69) is 4.98 Å². The lowest BCUT2D eigenvalue weighted by Gasteiger charge is -2.08. The lowest BCUT2D eigenvalue weighted by Crippen LogP contribution is -2.25. The summed E-state index contributed by atoms with van der Waals surface area (Å²) in [6, 6.07) is 7.32. The molecule has 0 fully saturated rings. The first-order chi connectivity index (χ1) is 8.99. The van der Waals surface area contributed by atoms with Gasteiger partial charge in [0.25, 0.3) is 0 Å². The zero-order valence-corrected chi connectivity index (χ0v) is 11.2. The Hall–Kier alpha value is -1.86. The average molecular weight is 295 g/mol. The topological polar surface area (TPSA) is 87.5 Å². The van der Waals surface area contributed by atoms with Gasteiger partial charge in [-0.05, 0) is 12.1 Å². The maximum Gasteiger partial charge on any atom is 0.312 e. The first kappa shape index (κ1) is 13.6. The van der Waals surface area contributed by atoms with Crippen LogP contribution in [0.1, 0.15) is 11.4 Å². The van der Waals surface area contributed by atoms with Crippen molar-refractivity contribution in [2.24, 2.45) is 5.92 Å². The molecule has 1 atom stereocenters. The van der Waals surface area contributed by atoms with Crippen molar-refractivity contribution in [1.29, 1.82) is 0 Å². The average Bonchev–Trinajstić information content (AvgIpc) is 2.78. The molecule has 2 rings (SSSR count). The maximum atomic E-state index is 11.1. The largest absolute Gasteiger partial charge is 0.481 e. The van der Waals surface area contributed by atoms with E-state index < -0.39 is 24.3 Å². The SMILES string of the molecule is O=C(O)CC(C(=O)O)C(=S)c1nc2ccccc2s1. The quantitative estimate of drug-likeness (QED) is 0.649. The number of hydrogen-bond donors (Lipinski definition) is 2. The van der Waals surface area contributed by atoms with Crippen molar-refractivity contribution in [3.63, 3.8) is 0 Å². The first-order valence-corrected chi connectivity index (χ1v) is 6.56. The lowest BCUT2D eigenvalue weighted by molar-refractivity contribution is -0.145. The van der Waals surface area contributed by atoms with E-state index >= 15 is 0 Å². The van der Waals surface area contributed by atoms with E-state index in [1.54, 1.807) is 6.07 Å². The molecule has 0 spiro atoms. The highest BCUT2D eigenvalue weighted by molar-refractivity contribution is 7.81. The zero-order valence-electron chi connectivity index (χ0n) is 9.57. The molecule has 98 valence electrons. The van der Waals surface area contributed by atoms with Crippen molar-refractivity contribution in [3.05, 3.63) is 29.3 Å². The number of fused-ring (bicyclic) bond motifs is 1. The van der Waals surface area contributed by atoms with Crippen molar-refractivity contribution < 1.29 is 19.8 Å². The predicted molar refractivity (Wildman–Crippen MR) is 74.7 cm³/mol. The first-order valence-electron chi connectivity index (χ1n) is 5.33. The summed E-state index contributed by atoms with van der Waals surface area (Å²) in [6.45, 7) is 0. The van der Waals surface area contributed by atoms with Gasteiger partial charge in [0.2, 0.25) is 0 Å². The fourth-order valence-corrected chi connectivity index (χ4v) is 2.91. The number of rotatable bonds is 5. The smallest absolute Gasteiger partial charge is 0.312 e. The molecule has 1 unspecified atom stereocenters. The van der Waals surface area contributed by atoms with Crippen molar-refractivity contribution in [2.45, 2.75) is 6.42 Å². The predicted octanol–water partition coefficient (Wildman–Crippen LogP) is 2.19. The molecular formula is C12H9NO4S2. The molecule has 19 heavy (non-hydrogen) atoms. The van der Waals surface area contributed by atoms with Crippen LogP contribution in [-0.4, -0.2) is 32.0 Å². The molecule has 0 aliphatic rings. The van der Waals surface area contributed by atoms with Gasteiger partial charge >= 0.3 is 11.9 Å². The second-order valence-electron chi connectivity index (χ2n) is 3.84. The summed E-state index contributed by atoms with van der Waals surface area (Å²) in [5.74, 6) is -3.67. The van der Waals surface area contributed by atoms with Gasteiger partial charge in [-0.1, -0.05) is 24.4 Å². The van der Waals surface area contributed by atoms with Gasteiger partial charge in [0.05, 0.1) is 21.5 Å². The number of aliphatic carboxylic acids is 2. The van der Waals surface area contributed by atoms with Gasteiger partial charge in [0, 0.05) is 0 Å². The van der Waals surface area contributed by atoms with Crippen LogP contribution in [0.4, 0.5) is 0 Å². The zero-order chi connectivity index (χ0) is 14.0. The van der Waals surface area contributed by atoms with Crippen LogP contribution in [0.2, 0.25) is 0 Å². The third kappa shape index (κ3) is 2.94. The van der Waals surface area contributed by atoms with Gasteiger partial charge in [-0.15, -0.1) is 11.3 Å². The molecule has 1 aromatic carbocycles. The molecule has 0 saturated heterocycles. The van der Waals surface area contributed by atoms with Gasteiger partial charge in [0.1, 0.15) is 10.9 Å². The van der Waals surface area contributed by atoms with E-state index in [4.69, 9.17) is 22.4 Å². The minimum Gasteiger partial charge on any atom is -0.481 e. The molecule has 0 radical (unpaired) electrons. The summed E-state index contributed by atoms with van der Waals surface area (Å²) >= 11 is 6.35. The van der Waals surface area contributed by atoms with Gasteiger partial charge in [0.15, 0.2) is 0 Å². The van der Waals surface area contributed by atoms with Gasteiger partial charge in [-0.25, -0.2) is 4.98 Å². The minimum absolute atomic E-state index is 0.0658. The molecule has 2 aromatic rings. The minimum atomic E-state index is -1.24. The van der Waals surface area contributed by atoms with E-state index in [9.17, 15) is 9.59 Å². The Bertz CT molecular complexity index is 632. The Balaban J connectivity index is 2.35. The number of thiocarbonyl (C=S) groups is 1. The molecular weight excluding hydrogens is 286 g/mol. The number of carboxylic acid groups (broad SMARTS) is 2. The summed E-state index contributed by atoms with van der Waals surface area (Å²) in [5.41, 5.74) is 0.726. The number of carboxylic acids is 2. The molecule has 5 nitrogen and oxygen atoms in total. The number of benzene rings is 1. The highest BCUT2D eigenvalue weighted by atomic mass is 32.1. The van der Waals surface area contributed by atoms with E-state index in [0.29, 0.717) is 5.01 Å². The van der Waals surface area contributed by atoms with Crippen LogP contribution in [-0.2, 0) is 9.59 Å². The van der Waals surface area contributed by atoms with Crippen molar-refractivity contribution in [3.8, 4) is 0 Å². The van der Waals surface area contributed by atoms with Crippen LogP contribution in [0.25, 0.3) is 10.2 Å². The molecule has 0 bridgehead atoms. The Kier molecular flexibility index (Phi) is 3.87. The lowest BCUT2D eigenvalue weighted by atomic mass is 10.0. The van der Waals surface area contributed by atoms with Crippen molar-refractivity contribution in [1.82, 2.24) is 4.98 Å². The molecule has 1 aromatic heterocycles. The summed E-state index contributed by atoms with van der Waals surface area (Å²) in [6.07, 6.45) is -0.538. The van der Waals surface area contributed by atoms with Crippen molar-refractivity contribution >= 4 is 50.6 Å². The van der Waals surface area contributed by atoms with Crippen LogP contribution in [0.15, 0.2) is 24.3 Å². The summed E-state index contributed by atoms with van der Waals surface area (Å²) in [4.78, 5) is 26.1. The molecule has 0 saturated carbocycles. The second kappa shape index (κ2) is 5.41. The standard InChI is InChI=1S/C12H9NO4S2/c14-9(15)5-6(12(16)17)10(18)11-13-7-3-1-2-4-8(7)19-11/h1-4,6H,5H2,(H,14,15)(H,16,17). The Labute approximate surface area is 117 Å². The molecule has 0 aliphatic carbocycles. The van der Waals surface area contributed by atoms with E-state index in [-0.39, 0.29) is 4.86 Å². The highest BCUT2D eigenvalue weighted by Crippen LogP contribution is 2.25.